The summed E-state index contributed by atoms with van der Waals surface area (Å²) in [6.45, 7) is 1.38. The van der Waals surface area contributed by atoms with E-state index < -0.39 is 16.1 Å². The predicted molar refractivity (Wildman–Crippen MR) is 137 cm³/mol. The first-order valence-corrected chi connectivity index (χ1v) is 12.6. The number of rotatable bonds is 9. The van der Waals surface area contributed by atoms with Gasteiger partial charge in [-0.1, -0.05) is 53.5 Å². The molecule has 3 aromatic carbocycles. The number of amides is 2. The molecule has 0 aliphatic rings. The molecule has 11 heteroatoms. The summed E-state index contributed by atoms with van der Waals surface area (Å²) in [5, 5.41) is 5.81. The van der Waals surface area contributed by atoms with Gasteiger partial charge in [-0.3, -0.25) is 14.3 Å². The fraction of sp³-hybridized carbons (Fsp3) is 0.167. The van der Waals surface area contributed by atoms with Crippen molar-refractivity contribution in [2.45, 2.75) is 24.3 Å². The third kappa shape index (κ3) is 7.11. The molecule has 184 valence electrons. The molecule has 0 aromatic heterocycles. The molecule has 0 saturated heterocycles. The number of benzene rings is 3. The van der Waals surface area contributed by atoms with Crippen LogP contribution >= 0.6 is 23.2 Å². The molecule has 0 fully saturated rings. The number of halogens is 2. The summed E-state index contributed by atoms with van der Waals surface area (Å²) in [6, 6.07) is 17.0. The lowest BCUT2D eigenvalue weighted by Gasteiger charge is -2.18. The van der Waals surface area contributed by atoms with Gasteiger partial charge in [0.15, 0.2) is 0 Å². The van der Waals surface area contributed by atoms with Crippen molar-refractivity contribution in [3.8, 4) is 5.75 Å². The van der Waals surface area contributed by atoms with Crippen molar-refractivity contribution in [1.29, 1.82) is 0 Å². The fourth-order valence-electron chi connectivity index (χ4n) is 3.29. The van der Waals surface area contributed by atoms with Gasteiger partial charge in [-0.05, 0) is 42.0 Å². The van der Waals surface area contributed by atoms with Gasteiger partial charge in [0.2, 0.25) is 11.8 Å². The Bertz CT molecular complexity index is 1330. The molecule has 0 bridgehead atoms. The summed E-state index contributed by atoms with van der Waals surface area (Å²) in [4.78, 5) is 24.3. The monoisotopic (exact) mass is 535 g/mol. The van der Waals surface area contributed by atoms with E-state index in [4.69, 9.17) is 27.9 Å². The number of carbonyl (C=O) groups is 2. The van der Waals surface area contributed by atoms with E-state index in [1.165, 1.54) is 44.4 Å². The highest BCUT2D eigenvalue weighted by Crippen LogP contribution is 2.32. The largest absolute Gasteiger partial charge is 0.495 e. The Morgan fingerprint density at radius 3 is 2.31 bits per heavy atom. The van der Waals surface area contributed by atoms with Crippen molar-refractivity contribution in [3.05, 3.63) is 82.3 Å². The van der Waals surface area contributed by atoms with Crippen molar-refractivity contribution in [3.63, 3.8) is 0 Å². The Hall–Kier alpha value is -3.27. The zero-order valence-corrected chi connectivity index (χ0v) is 21.2. The summed E-state index contributed by atoms with van der Waals surface area (Å²) in [5.41, 5.74) is 1.22. The second kappa shape index (κ2) is 11.4. The molecule has 0 spiro atoms. The van der Waals surface area contributed by atoms with Gasteiger partial charge in [0.25, 0.3) is 10.0 Å². The quantitative estimate of drug-likeness (QED) is 0.356. The standard InChI is InChI=1S/C24H23Cl2N3O5S/c1-15(30)27-21(16-6-4-3-5-7-16)14-24(31)28-17-8-11-23(34-2)22(12-17)29-35(32,33)18-9-10-19(25)20(26)13-18/h3-13,21,29H,14H2,1-2H3,(H,27,30)(H,28,31)/t21-/m1/s1. The Morgan fingerprint density at radius 1 is 0.971 bits per heavy atom. The highest BCUT2D eigenvalue weighted by Gasteiger charge is 2.20. The molecule has 3 aromatic rings. The van der Waals surface area contributed by atoms with Crippen molar-refractivity contribution < 1.29 is 22.7 Å². The average molecular weight is 536 g/mol. The van der Waals surface area contributed by atoms with Gasteiger partial charge in [-0.15, -0.1) is 0 Å². The zero-order chi connectivity index (χ0) is 25.6. The summed E-state index contributed by atoms with van der Waals surface area (Å²) >= 11 is 11.8. The molecule has 0 unspecified atom stereocenters. The second-order valence-corrected chi connectivity index (χ2v) is 10.0. The van der Waals surface area contributed by atoms with Crippen LogP contribution in [0.2, 0.25) is 10.0 Å². The smallest absolute Gasteiger partial charge is 0.262 e. The van der Waals surface area contributed by atoms with Gasteiger partial charge < -0.3 is 15.4 Å². The van der Waals surface area contributed by atoms with Crippen LogP contribution in [0.25, 0.3) is 0 Å². The fourth-order valence-corrected chi connectivity index (χ4v) is 4.74. The van der Waals surface area contributed by atoms with E-state index >= 15 is 0 Å². The predicted octanol–water partition coefficient (Wildman–Crippen LogP) is 5.01. The summed E-state index contributed by atoms with van der Waals surface area (Å²) in [6.07, 6.45) is -0.0278. The van der Waals surface area contributed by atoms with E-state index in [9.17, 15) is 18.0 Å². The van der Waals surface area contributed by atoms with Crippen molar-refractivity contribution in [2.24, 2.45) is 0 Å². The SMILES string of the molecule is COc1ccc(NC(=O)C[C@@H](NC(C)=O)c2ccccc2)cc1NS(=O)(=O)c1ccc(Cl)c(Cl)c1. The number of anilines is 2. The van der Waals surface area contributed by atoms with Crippen LogP contribution in [0.3, 0.4) is 0 Å². The Morgan fingerprint density at radius 2 is 1.69 bits per heavy atom. The van der Waals surface area contributed by atoms with Crippen LogP contribution in [0.15, 0.2) is 71.6 Å². The van der Waals surface area contributed by atoms with E-state index in [1.54, 1.807) is 6.07 Å². The van der Waals surface area contributed by atoms with Crippen LogP contribution < -0.4 is 20.1 Å². The molecule has 3 N–H and O–H groups in total. The first kappa shape index (κ1) is 26.3. The summed E-state index contributed by atoms with van der Waals surface area (Å²) in [7, 11) is -2.64. The maximum atomic E-state index is 12.9. The van der Waals surface area contributed by atoms with E-state index in [0.717, 1.165) is 5.56 Å². The maximum absolute atomic E-state index is 12.9. The Kier molecular flexibility index (Phi) is 8.61. The van der Waals surface area contributed by atoms with Gasteiger partial charge in [-0.2, -0.15) is 0 Å². The molecule has 0 aliphatic heterocycles. The van der Waals surface area contributed by atoms with Gasteiger partial charge >= 0.3 is 0 Å². The summed E-state index contributed by atoms with van der Waals surface area (Å²) in [5.74, 6) is -0.404. The lowest BCUT2D eigenvalue weighted by atomic mass is 10.0. The van der Waals surface area contributed by atoms with Crippen LogP contribution in [0.5, 0.6) is 5.75 Å². The Labute approximate surface area is 213 Å². The minimum Gasteiger partial charge on any atom is -0.495 e. The lowest BCUT2D eigenvalue weighted by molar-refractivity contribution is -0.120. The second-order valence-electron chi connectivity index (χ2n) is 7.51. The Balaban J connectivity index is 1.80. The van der Waals surface area contributed by atoms with Gasteiger partial charge in [0.1, 0.15) is 5.75 Å². The number of hydrogen-bond acceptors (Lipinski definition) is 5. The topological polar surface area (TPSA) is 114 Å². The van der Waals surface area contributed by atoms with Gasteiger partial charge in [0.05, 0.1) is 40.2 Å². The maximum Gasteiger partial charge on any atom is 0.262 e. The molecule has 0 saturated carbocycles. The number of ether oxygens (including phenoxy) is 1. The van der Waals surface area contributed by atoms with Crippen LogP contribution in [0.1, 0.15) is 24.9 Å². The van der Waals surface area contributed by atoms with E-state index in [1.807, 2.05) is 30.3 Å². The number of nitrogens with one attached hydrogen (secondary N) is 3. The zero-order valence-electron chi connectivity index (χ0n) is 18.8. The molecule has 2 amide bonds. The first-order valence-electron chi connectivity index (χ1n) is 10.4. The molecule has 0 aliphatic carbocycles. The van der Waals surface area contributed by atoms with Crippen molar-refractivity contribution in [1.82, 2.24) is 5.32 Å². The normalized spacial score (nSPS) is 11.9. The van der Waals surface area contributed by atoms with E-state index in [0.29, 0.717) is 5.69 Å². The molecule has 0 radical (unpaired) electrons. The highest BCUT2D eigenvalue weighted by molar-refractivity contribution is 7.92. The number of hydrogen-bond donors (Lipinski definition) is 3. The minimum absolute atomic E-state index is 0.0278. The highest BCUT2D eigenvalue weighted by atomic mass is 35.5. The molecule has 1 atom stereocenters. The van der Waals surface area contributed by atoms with Crippen LogP contribution in [-0.2, 0) is 19.6 Å². The summed E-state index contributed by atoms with van der Waals surface area (Å²) < 4.78 is 33.5. The third-order valence-electron chi connectivity index (χ3n) is 4.90. The number of sulfonamides is 1. The van der Waals surface area contributed by atoms with Crippen LogP contribution in [0.4, 0.5) is 11.4 Å². The molecule has 3 rings (SSSR count). The minimum atomic E-state index is -4.03. The first-order chi connectivity index (χ1) is 16.6. The number of methoxy groups -OCH3 is 1. The van der Waals surface area contributed by atoms with E-state index in [2.05, 4.69) is 15.4 Å². The molecule has 35 heavy (non-hydrogen) atoms. The van der Waals surface area contributed by atoms with Crippen LogP contribution in [0, 0.1) is 0 Å². The van der Waals surface area contributed by atoms with Crippen LogP contribution in [-0.4, -0.2) is 27.3 Å². The number of carbonyl (C=O) groups excluding carboxylic acids is 2. The molecule has 8 nitrogen and oxygen atoms in total. The van der Waals surface area contributed by atoms with E-state index in [-0.39, 0.29) is 44.6 Å². The van der Waals surface area contributed by atoms with Crippen molar-refractivity contribution in [2.75, 3.05) is 17.1 Å². The lowest BCUT2D eigenvalue weighted by Crippen LogP contribution is -2.29. The molecular formula is C24H23Cl2N3O5S. The molecule has 0 heterocycles. The molecular weight excluding hydrogens is 513 g/mol. The van der Waals surface area contributed by atoms with Crippen molar-refractivity contribution >= 4 is 56.4 Å². The van der Waals surface area contributed by atoms with Gasteiger partial charge in [0, 0.05) is 12.6 Å². The van der Waals surface area contributed by atoms with Gasteiger partial charge in [-0.25, -0.2) is 8.42 Å². The third-order valence-corrected chi connectivity index (χ3v) is 7.00. The average Bonchev–Trinajstić information content (AvgIpc) is 2.80.